The highest BCUT2D eigenvalue weighted by Gasteiger charge is 2.26. The van der Waals surface area contributed by atoms with Crippen molar-refractivity contribution in [2.45, 2.75) is 6.92 Å². The SMILES string of the molecule is CC(=O)N(CC(=O)N1CCN(c2ccccc2F)CC1)c1ccc(F)cc1F. The van der Waals surface area contributed by atoms with Gasteiger partial charge in [0.2, 0.25) is 11.8 Å². The van der Waals surface area contributed by atoms with Gasteiger partial charge in [-0.25, -0.2) is 13.2 Å². The van der Waals surface area contributed by atoms with E-state index in [0.717, 1.165) is 17.0 Å². The fraction of sp³-hybridized carbons (Fsp3) is 0.300. The average Bonchev–Trinajstić information content (AvgIpc) is 2.67. The second kappa shape index (κ2) is 8.33. The summed E-state index contributed by atoms with van der Waals surface area (Å²) in [6.07, 6.45) is 0. The summed E-state index contributed by atoms with van der Waals surface area (Å²) in [6, 6.07) is 9.27. The van der Waals surface area contributed by atoms with Gasteiger partial charge in [-0.3, -0.25) is 9.59 Å². The minimum atomic E-state index is -0.910. The second-order valence-electron chi connectivity index (χ2n) is 6.52. The van der Waals surface area contributed by atoms with Crippen LogP contribution in [-0.4, -0.2) is 49.4 Å². The average molecular weight is 391 g/mol. The highest BCUT2D eigenvalue weighted by atomic mass is 19.1. The van der Waals surface area contributed by atoms with Crippen molar-refractivity contribution in [3.63, 3.8) is 0 Å². The van der Waals surface area contributed by atoms with Crippen molar-refractivity contribution in [2.75, 3.05) is 42.5 Å². The molecule has 1 aliphatic heterocycles. The van der Waals surface area contributed by atoms with Crippen molar-refractivity contribution in [1.82, 2.24) is 4.90 Å². The molecule has 8 heteroatoms. The quantitative estimate of drug-likeness (QED) is 0.805. The molecule has 0 bridgehead atoms. The zero-order valence-electron chi connectivity index (χ0n) is 15.4. The molecule has 0 aromatic heterocycles. The Morgan fingerprint density at radius 1 is 0.964 bits per heavy atom. The van der Waals surface area contributed by atoms with E-state index in [0.29, 0.717) is 37.9 Å². The molecule has 0 saturated carbocycles. The van der Waals surface area contributed by atoms with E-state index < -0.39 is 17.5 Å². The van der Waals surface area contributed by atoms with Gasteiger partial charge >= 0.3 is 0 Å². The van der Waals surface area contributed by atoms with Gasteiger partial charge in [-0.15, -0.1) is 0 Å². The van der Waals surface area contributed by atoms with Crippen LogP contribution < -0.4 is 9.80 Å². The zero-order chi connectivity index (χ0) is 20.3. The normalized spacial score (nSPS) is 14.1. The second-order valence-corrected chi connectivity index (χ2v) is 6.52. The standard InChI is InChI=1S/C20H20F3N3O2/c1-14(27)26(19-7-6-15(21)12-17(19)23)13-20(28)25-10-8-24(9-11-25)18-5-3-2-4-16(18)22/h2-7,12H,8-11,13H2,1H3. The van der Waals surface area contributed by atoms with Crippen LogP contribution >= 0.6 is 0 Å². The summed E-state index contributed by atoms with van der Waals surface area (Å²) in [5, 5.41) is 0. The third-order valence-electron chi connectivity index (χ3n) is 4.70. The Bertz CT molecular complexity index is 883. The predicted molar refractivity (Wildman–Crippen MR) is 99.6 cm³/mol. The summed E-state index contributed by atoms with van der Waals surface area (Å²) in [5.74, 6) is -2.87. The monoisotopic (exact) mass is 391 g/mol. The lowest BCUT2D eigenvalue weighted by Gasteiger charge is -2.37. The van der Waals surface area contributed by atoms with Crippen LogP contribution in [0.5, 0.6) is 0 Å². The van der Waals surface area contributed by atoms with Crippen molar-refractivity contribution >= 4 is 23.2 Å². The number of amides is 2. The summed E-state index contributed by atoms with van der Waals surface area (Å²) in [5.41, 5.74) is 0.334. The van der Waals surface area contributed by atoms with E-state index in [1.807, 2.05) is 4.90 Å². The number of para-hydroxylation sites is 1. The van der Waals surface area contributed by atoms with Crippen LogP contribution in [0.15, 0.2) is 42.5 Å². The molecule has 5 nitrogen and oxygen atoms in total. The first-order valence-corrected chi connectivity index (χ1v) is 8.87. The minimum Gasteiger partial charge on any atom is -0.366 e. The van der Waals surface area contributed by atoms with Gasteiger partial charge in [0.05, 0.1) is 11.4 Å². The van der Waals surface area contributed by atoms with Gasteiger partial charge < -0.3 is 14.7 Å². The third-order valence-corrected chi connectivity index (χ3v) is 4.70. The molecular weight excluding hydrogens is 371 g/mol. The molecule has 3 rings (SSSR count). The number of carbonyl (C=O) groups excluding carboxylic acids is 2. The van der Waals surface area contributed by atoms with Gasteiger partial charge in [-0.2, -0.15) is 0 Å². The van der Waals surface area contributed by atoms with Crippen molar-refractivity contribution in [3.8, 4) is 0 Å². The number of hydrogen-bond acceptors (Lipinski definition) is 3. The molecule has 0 aliphatic carbocycles. The van der Waals surface area contributed by atoms with Gasteiger partial charge in [0.1, 0.15) is 24.0 Å². The number of carbonyl (C=O) groups is 2. The smallest absolute Gasteiger partial charge is 0.242 e. The lowest BCUT2D eigenvalue weighted by Crippen LogP contribution is -2.52. The van der Waals surface area contributed by atoms with Gasteiger partial charge in [0.15, 0.2) is 0 Å². The topological polar surface area (TPSA) is 43.9 Å². The van der Waals surface area contributed by atoms with Gasteiger partial charge in [0.25, 0.3) is 0 Å². The highest BCUT2D eigenvalue weighted by molar-refractivity contribution is 5.97. The van der Waals surface area contributed by atoms with E-state index in [1.165, 1.54) is 13.0 Å². The molecule has 0 spiro atoms. The Kier molecular flexibility index (Phi) is 5.87. The Morgan fingerprint density at radius 2 is 1.64 bits per heavy atom. The summed E-state index contributed by atoms with van der Waals surface area (Å²) in [7, 11) is 0. The molecule has 1 saturated heterocycles. The van der Waals surface area contributed by atoms with Crippen molar-refractivity contribution in [1.29, 1.82) is 0 Å². The predicted octanol–water partition coefficient (Wildman–Crippen LogP) is 2.81. The first kappa shape index (κ1) is 19.7. The molecule has 2 amide bonds. The van der Waals surface area contributed by atoms with E-state index >= 15 is 0 Å². The summed E-state index contributed by atoms with van der Waals surface area (Å²) >= 11 is 0. The maximum atomic E-state index is 14.0. The number of benzene rings is 2. The van der Waals surface area contributed by atoms with Crippen LogP contribution in [0.2, 0.25) is 0 Å². The lowest BCUT2D eigenvalue weighted by molar-refractivity contribution is -0.131. The number of hydrogen-bond donors (Lipinski definition) is 0. The molecular formula is C20H20F3N3O2. The minimum absolute atomic E-state index is 0.146. The van der Waals surface area contributed by atoms with Crippen molar-refractivity contribution < 1.29 is 22.8 Å². The van der Waals surface area contributed by atoms with Crippen LogP contribution in [0.4, 0.5) is 24.5 Å². The molecule has 0 unspecified atom stereocenters. The molecule has 1 aliphatic rings. The van der Waals surface area contributed by atoms with Crippen LogP contribution in [0, 0.1) is 17.5 Å². The zero-order valence-corrected chi connectivity index (χ0v) is 15.4. The molecule has 0 N–H and O–H groups in total. The third kappa shape index (κ3) is 4.27. The summed E-state index contributed by atoms with van der Waals surface area (Å²) in [4.78, 5) is 28.9. The van der Waals surface area contributed by atoms with E-state index in [-0.39, 0.29) is 24.0 Å². The van der Waals surface area contributed by atoms with E-state index in [4.69, 9.17) is 0 Å². The molecule has 148 valence electrons. The highest BCUT2D eigenvalue weighted by Crippen LogP contribution is 2.22. The molecule has 0 atom stereocenters. The van der Waals surface area contributed by atoms with E-state index in [2.05, 4.69) is 0 Å². The summed E-state index contributed by atoms with van der Waals surface area (Å²) in [6.45, 7) is 2.45. The Labute approximate surface area is 161 Å². The van der Waals surface area contributed by atoms with Crippen molar-refractivity contribution in [2.24, 2.45) is 0 Å². The Morgan fingerprint density at radius 3 is 2.25 bits per heavy atom. The first-order valence-electron chi connectivity index (χ1n) is 8.87. The number of halogens is 3. The Hall–Kier alpha value is -3.03. The van der Waals surface area contributed by atoms with E-state index in [1.54, 1.807) is 23.1 Å². The van der Waals surface area contributed by atoms with Crippen LogP contribution in [-0.2, 0) is 9.59 Å². The number of anilines is 2. The number of nitrogens with zero attached hydrogens (tertiary/aromatic N) is 3. The van der Waals surface area contributed by atoms with Crippen molar-refractivity contribution in [3.05, 3.63) is 59.9 Å². The molecule has 28 heavy (non-hydrogen) atoms. The molecule has 2 aromatic rings. The van der Waals surface area contributed by atoms with Crippen LogP contribution in [0.3, 0.4) is 0 Å². The molecule has 1 fully saturated rings. The molecule has 0 radical (unpaired) electrons. The van der Waals surface area contributed by atoms with Gasteiger partial charge in [0, 0.05) is 39.2 Å². The van der Waals surface area contributed by atoms with Gasteiger partial charge in [-0.1, -0.05) is 12.1 Å². The first-order chi connectivity index (χ1) is 13.4. The fourth-order valence-corrected chi connectivity index (χ4v) is 3.21. The van der Waals surface area contributed by atoms with E-state index in [9.17, 15) is 22.8 Å². The maximum absolute atomic E-state index is 14.0. The Balaban J connectivity index is 1.65. The largest absolute Gasteiger partial charge is 0.366 e. The van der Waals surface area contributed by atoms with Gasteiger partial charge in [-0.05, 0) is 24.3 Å². The fourth-order valence-electron chi connectivity index (χ4n) is 3.21. The van der Waals surface area contributed by atoms with Crippen LogP contribution in [0.1, 0.15) is 6.92 Å². The van der Waals surface area contributed by atoms with Crippen LogP contribution in [0.25, 0.3) is 0 Å². The molecule has 2 aromatic carbocycles. The molecule has 1 heterocycles. The number of rotatable bonds is 4. The summed E-state index contributed by atoms with van der Waals surface area (Å²) < 4.78 is 41.1. The maximum Gasteiger partial charge on any atom is 0.242 e. The number of piperazine rings is 1. The lowest BCUT2D eigenvalue weighted by atomic mass is 10.2.